The number of nitrogens with one attached hydrogen (secondary N) is 1. The van der Waals surface area contributed by atoms with Crippen LogP contribution in [0.2, 0.25) is 0 Å². The van der Waals surface area contributed by atoms with Crippen molar-refractivity contribution in [2.75, 3.05) is 19.0 Å². The van der Waals surface area contributed by atoms with Crippen LogP contribution in [0.4, 0.5) is 10.2 Å². The SMILES string of the molecule is CN(C)c1ncc(-c2ccc(O)cc2)cc1C(=O)NCc1ccc(F)cc1. The second kappa shape index (κ2) is 7.86. The largest absolute Gasteiger partial charge is 0.508 e. The monoisotopic (exact) mass is 365 g/mol. The predicted molar refractivity (Wildman–Crippen MR) is 103 cm³/mol. The van der Waals surface area contributed by atoms with Gasteiger partial charge in [0.05, 0.1) is 5.56 Å². The molecule has 0 unspecified atom stereocenters. The molecule has 0 spiro atoms. The molecule has 0 saturated carbocycles. The van der Waals surface area contributed by atoms with Crippen molar-refractivity contribution in [1.29, 1.82) is 0 Å². The van der Waals surface area contributed by atoms with Crippen LogP contribution in [0.3, 0.4) is 0 Å². The zero-order valence-corrected chi connectivity index (χ0v) is 15.1. The molecule has 3 rings (SSSR count). The van der Waals surface area contributed by atoms with E-state index in [0.29, 0.717) is 11.4 Å². The lowest BCUT2D eigenvalue weighted by molar-refractivity contribution is 0.0951. The van der Waals surface area contributed by atoms with Gasteiger partial charge in [-0.1, -0.05) is 24.3 Å². The maximum atomic E-state index is 13.0. The Morgan fingerprint density at radius 3 is 2.37 bits per heavy atom. The average molecular weight is 365 g/mol. The minimum atomic E-state index is -0.314. The van der Waals surface area contributed by atoms with Gasteiger partial charge in [0.15, 0.2) is 0 Å². The maximum absolute atomic E-state index is 13.0. The summed E-state index contributed by atoms with van der Waals surface area (Å²) < 4.78 is 13.0. The number of aromatic nitrogens is 1. The van der Waals surface area contributed by atoms with Gasteiger partial charge < -0.3 is 15.3 Å². The van der Waals surface area contributed by atoms with E-state index in [-0.39, 0.29) is 24.0 Å². The van der Waals surface area contributed by atoms with Crippen molar-refractivity contribution < 1.29 is 14.3 Å². The summed E-state index contributed by atoms with van der Waals surface area (Å²) in [6, 6.07) is 14.5. The van der Waals surface area contributed by atoms with Crippen molar-refractivity contribution in [3.05, 3.63) is 77.7 Å². The fourth-order valence-corrected chi connectivity index (χ4v) is 2.67. The molecule has 1 aromatic heterocycles. The van der Waals surface area contributed by atoms with Gasteiger partial charge in [0, 0.05) is 32.4 Å². The number of rotatable bonds is 5. The third-order valence-electron chi connectivity index (χ3n) is 4.10. The number of amides is 1. The molecule has 3 aromatic rings. The number of nitrogens with zero attached hydrogens (tertiary/aromatic N) is 2. The molecular weight excluding hydrogens is 345 g/mol. The van der Waals surface area contributed by atoms with E-state index in [0.717, 1.165) is 16.7 Å². The number of halogens is 1. The van der Waals surface area contributed by atoms with Gasteiger partial charge in [0.2, 0.25) is 0 Å². The van der Waals surface area contributed by atoms with E-state index in [4.69, 9.17) is 0 Å². The van der Waals surface area contributed by atoms with E-state index in [1.54, 1.807) is 53.6 Å². The van der Waals surface area contributed by atoms with Crippen LogP contribution >= 0.6 is 0 Å². The first-order chi connectivity index (χ1) is 12.9. The van der Waals surface area contributed by atoms with Gasteiger partial charge >= 0.3 is 0 Å². The van der Waals surface area contributed by atoms with Crippen LogP contribution < -0.4 is 10.2 Å². The molecular formula is C21H20FN3O2. The molecule has 0 saturated heterocycles. The highest BCUT2D eigenvalue weighted by molar-refractivity contribution is 6.00. The fourth-order valence-electron chi connectivity index (χ4n) is 2.67. The molecule has 0 fully saturated rings. The number of aromatic hydroxyl groups is 1. The molecule has 0 aliphatic rings. The maximum Gasteiger partial charge on any atom is 0.255 e. The van der Waals surface area contributed by atoms with Crippen molar-refractivity contribution in [3.63, 3.8) is 0 Å². The molecule has 2 N–H and O–H groups in total. The van der Waals surface area contributed by atoms with Crippen LogP contribution in [0.1, 0.15) is 15.9 Å². The lowest BCUT2D eigenvalue weighted by atomic mass is 10.0. The Bertz CT molecular complexity index is 939. The third kappa shape index (κ3) is 4.41. The number of hydrogen-bond acceptors (Lipinski definition) is 4. The molecule has 138 valence electrons. The minimum Gasteiger partial charge on any atom is -0.508 e. The summed E-state index contributed by atoms with van der Waals surface area (Å²) in [6.45, 7) is 0.287. The standard InChI is InChI=1S/C21H20FN3O2/c1-25(2)20-19(21(27)24-12-14-3-7-17(22)8-4-14)11-16(13-23-20)15-5-9-18(26)10-6-15/h3-11,13,26H,12H2,1-2H3,(H,24,27). The Balaban J connectivity index is 1.86. The van der Waals surface area contributed by atoms with E-state index in [1.165, 1.54) is 12.1 Å². The summed E-state index contributed by atoms with van der Waals surface area (Å²) in [5, 5.41) is 12.3. The normalized spacial score (nSPS) is 10.5. The highest BCUT2D eigenvalue weighted by atomic mass is 19.1. The summed E-state index contributed by atoms with van der Waals surface area (Å²) in [5.41, 5.74) is 2.86. The molecule has 0 aliphatic heterocycles. The molecule has 2 aromatic carbocycles. The van der Waals surface area contributed by atoms with E-state index < -0.39 is 0 Å². The van der Waals surface area contributed by atoms with Crippen molar-refractivity contribution in [2.24, 2.45) is 0 Å². The van der Waals surface area contributed by atoms with Gasteiger partial charge in [-0.05, 0) is 41.5 Å². The van der Waals surface area contributed by atoms with Crippen LogP contribution in [0.5, 0.6) is 5.75 Å². The molecule has 5 nitrogen and oxygen atoms in total. The average Bonchev–Trinajstić information content (AvgIpc) is 2.67. The van der Waals surface area contributed by atoms with E-state index >= 15 is 0 Å². The number of anilines is 1. The summed E-state index contributed by atoms with van der Waals surface area (Å²) in [5.74, 6) is 0.143. The van der Waals surface area contributed by atoms with E-state index in [1.807, 2.05) is 14.1 Å². The van der Waals surface area contributed by atoms with Crippen molar-refractivity contribution in [3.8, 4) is 16.9 Å². The number of carbonyl (C=O) groups is 1. The van der Waals surface area contributed by atoms with Crippen molar-refractivity contribution >= 4 is 11.7 Å². The number of hydrogen-bond donors (Lipinski definition) is 2. The van der Waals surface area contributed by atoms with E-state index in [9.17, 15) is 14.3 Å². The molecule has 0 bridgehead atoms. The quantitative estimate of drug-likeness (QED) is 0.725. The van der Waals surface area contributed by atoms with Crippen molar-refractivity contribution in [1.82, 2.24) is 10.3 Å². The van der Waals surface area contributed by atoms with Gasteiger partial charge in [0.1, 0.15) is 17.4 Å². The second-order valence-electron chi connectivity index (χ2n) is 6.35. The summed E-state index contributed by atoms with van der Waals surface area (Å²) in [6.07, 6.45) is 1.69. The number of carbonyl (C=O) groups excluding carboxylic acids is 1. The van der Waals surface area contributed by atoms with Crippen LogP contribution in [-0.2, 0) is 6.54 Å². The number of benzene rings is 2. The summed E-state index contributed by atoms with van der Waals surface area (Å²) in [7, 11) is 3.64. The van der Waals surface area contributed by atoms with Gasteiger partial charge in [-0.15, -0.1) is 0 Å². The van der Waals surface area contributed by atoms with Gasteiger partial charge in [-0.3, -0.25) is 4.79 Å². The highest BCUT2D eigenvalue weighted by Gasteiger charge is 2.16. The highest BCUT2D eigenvalue weighted by Crippen LogP contribution is 2.26. The number of phenols is 1. The Kier molecular flexibility index (Phi) is 5.35. The van der Waals surface area contributed by atoms with Gasteiger partial charge in [-0.2, -0.15) is 0 Å². The Morgan fingerprint density at radius 2 is 1.74 bits per heavy atom. The minimum absolute atomic E-state index is 0.175. The Labute approximate surface area is 157 Å². The van der Waals surface area contributed by atoms with Crippen LogP contribution in [0.15, 0.2) is 60.8 Å². The zero-order valence-electron chi connectivity index (χ0n) is 15.1. The fraction of sp³-hybridized carbons (Fsp3) is 0.143. The van der Waals surface area contributed by atoms with Crippen LogP contribution in [0.25, 0.3) is 11.1 Å². The molecule has 1 amide bonds. The van der Waals surface area contributed by atoms with Crippen molar-refractivity contribution in [2.45, 2.75) is 6.54 Å². The van der Waals surface area contributed by atoms with Crippen LogP contribution in [0, 0.1) is 5.82 Å². The molecule has 0 radical (unpaired) electrons. The Morgan fingerprint density at radius 1 is 1.07 bits per heavy atom. The predicted octanol–water partition coefficient (Wildman–Crippen LogP) is 3.59. The first kappa shape index (κ1) is 18.4. The lowest BCUT2D eigenvalue weighted by Crippen LogP contribution is -2.26. The van der Waals surface area contributed by atoms with Crippen LogP contribution in [-0.4, -0.2) is 30.1 Å². The molecule has 0 atom stereocenters. The molecule has 6 heteroatoms. The molecule has 1 heterocycles. The third-order valence-corrected chi connectivity index (χ3v) is 4.10. The summed E-state index contributed by atoms with van der Waals surface area (Å²) >= 11 is 0. The van der Waals surface area contributed by atoms with E-state index in [2.05, 4.69) is 10.3 Å². The number of pyridine rings is 1. The lowest BCUT2D eigenvalue weighted by Gasteiger charge is -2.17. The second-order valence-corrected chi connectivity index (χ2v) is 6.35. The Hall–Kier alpha value is -3.41. The first-order valence-electron chi connectivity index (χ1n) is 8.43. The van der Waals surface area contributed by atoms with Gasteiger partial charge in [0.25, 0.3) is 5.91 Å². The topological polar surface area (TPSA) is 65.5 Å². The van der Waals surface area contributed by atoms with Gasteiger partial charge in [-0.25, -0.2) is 9.37 Å². The first-order valence-corrected chi connectivity index (χ1v) is 8.43. The zero-order chi connectivity index (χ0) is 19.4. The molecule has 0 aliphatic carbocycles. The summed E-state index contributed by atoms with van der Waals surface area (Å²) in [4.78, 5) is 18.9. The molecule has 27 heavy (non-hydrogen) atoms. The number of phenolic OH excluding ortho intramolecular Hbond substituents is 1. The smallest absolute Gasteiger partial charge is 0.255 e.